The number of carbonyl (C=O) groups excluding carboxylic acids is 1. The molecule has 0 heterocycles. The third kappa shape index (κ3) is 5.28. The van der Waals surface area contributed by atoms with Crippen LogP contribution in [-0.4, -0.2) is 38.5 Å². The van der Waals surface area contributed by atoms with E-state index in [0.29, 0.717) is 11.1 Å². The van der Waals surface area contributed by atoms with Crippen LogP contribution in [0.3, 0.4) is 0 Å². The molecular formula is C18H16O7. The van der Waals surface area contributed by atoms with Gasteiger partial charge in [0, 0.05) is 12.5 Å². The van der Waals surface area contributed by atoms with Crippen molar-refractivity contribution in [2.24, 2.45) is 0 Å². The highest BCUT2D eigenvalue weighted by Gasteiger charge is 2.22. The molecule has 0 unspecified atom stereocenters. The third-order valence-electron chi connectivity index (χ3n) is 3.30. The zero-order valence-electron chi connectivity index (χ0n) is 13.0. The van der Waals surface area contributed by atoms with Gasteiger partial charge in [-0.3, -0.25) is 0 Å². The number of phenolic OH excluding ortho intramolecular Hbond substituents is 3. The average molecular weight is 344 g/mol. The summed E-state index contributed by atoms with van der Waals surface area (Å²) < 4.78 is 4.91. The zero-order valence-corrected chi connectivity index (χ0v) is 13.0. The maximum Gasteiger partial charge on any atom is 0.345 e. The Morgan fingerprint density at radius 1 is 1.00 bits per heavy atom. The Hall–Kier alpha value is -3.48. The van der Waals surface area contributed by atoms with Crippen molar-refractivity contribution in [1.82, 2.24) is 0 Å². The summed E-state index contributed by atoms with van der Waals surface area (Å²) in [6.45, 7) is 0. The molecule has 0 aliphatic rings. The number of phenols is 3. The molecule has 0 aliphatic heterocycles. The molecule has 0 bridgehead atoms. The first kappa shape index (κ1) is 17.9. The molecule has 0 saturated carbocycles. The van der Waals surface area contributed by atoms with Crippen molar-refractivity contribution in [2.45, 2.75) is 12.5 Å². The van der Waals surface area contributed by atoms with E-state index in [2.05, 4.69) is 0 Å². The molecule has 25 heavy (non-hydrogen) atoms. The molecule has 0 radical (unpaired) electrons. The van der Waals surface area contributed by atoms with Gasteiger partial charge in [0.25, 0.3) is 0 Å². The number of carboxylic acids is 1. The van der Waals surface area contributed by atoms with E-state index < -0.39 is 18.0 Å². The predicted octanol–water partition coefficient (Wildman–Crippen LogP) is 2.06. The number of rotatable bonds is 6. The predicted molar refractivity (Wildman–Crippen MR) is 88.1 cm³/mol. The second-order valence-electron chi connectivity index (χ2n) is 5.22. The molecule has 2 aromatic carbocycles. The monoisotopic (exact) mass is 344 g/mol. The van der Waals surface area contributed by atoms with Crippen LogP contribution in [-0.2, 0) is 20.7 Å². The number of carbonyl (C=O) groups is 2. The van der Waals surface area contributed by atoms with E-state index in [1.165, 1.54) is 36.4 Å². The van der Waals surface area contributed by atoms with Crippen LogP contribution in [0.15, 0.2) is 48.5 Å². The number of esters is 1. The first-order valence-electron chi connectivity index (χ1n) is 7.26. The lowest BCUT2D eigenvalue weighted by atomic mass is 10.1. The third-order valence-corrected chi connectivity index (χ3v) is 3.30. The number of benzene rings is 2. The molecule has 7 nitrogen and oxygen atoms in total. The lowest BCUT2D eigenvalue weighted by Crippen LogP contribution is -2.28. The number of hydrogen-bond acceptors (Lipinski definition) is 6. The molecule has 1 atom stereocenters. The van der Waals surface area contributed by atoms with Crippen LogP contribution in [0.1, 0.15) is 11.1 Å². The Bertz CT molecular complexity index is 794. The van der Waals surface area contributed by atoms with Gasteiger partial charge in [0.2, 0.25) is 6.10 Å². The van der Waals surface area contributed by atoms with E-state index in [4.69, 9.17) is 4.74 Å². The molecule has 2 aromatic rings. The van der Waals surface area contributed by atoms with Crippen molar-refractivity contribution < 1.29 is 34.8 Å². The normalized spacial score (nSPS) is 12.0. The highest BCUT2D eigenvalue weighted by atomic mass is 16.6. The highest BCUT2D eigenvalue weighted by molar-refractivity contribution is 5.89. The fourth-order valence-electron chi connectivity index (χ4n) is 2.02. The van der Waals surface area contributed by atoms with Gasteiger partial charge in [0.1, 0.15) is 5.75 Å². The van der Waals surface area contributed by atoms with Crippen LogP contribution in [0.25, 0.3) is 6.08 Å². The van der Waals surface area contributed by atoms with Crippen molar-refractivity contribution in [2.75, 3.05) is 0 Å². The van der Waals surface area contributed by atoms with Gasteiger partial charge in [-0.1, -0.05) is 18.2 Å². The minimum atomic E-state index is -1.44. The number of ether oxygens (including phenoxy) is 1. The smallest absolute Gasteiger partial charge is 0.345 e. The van der Waals surface area contributed by atoms with Gasteiger partial charge in [-0.15, -0.1) is 0 Å². The molecular weight excluding hydrogens is 328 g/mol. The van der Waals surface area contributed by atoms with Gasteiger partial charge in [-0.25, -0.2) is 9.59 Å². The number of hydrogen-bond donors (Lipinski definition) is 4. The van der Waals surface area contributed by atoms with Crippen molar-refractivity contribution >= 4 is 18.0 Å². The van der Waals surface area contributed by atoms with Gasteiger partial charge in [-0.2, -0.15) is 0 Å². The highest BCUT2D eigenvalue weighted by Crippen LogP contribution is 2.25. The van der Waals surface area contributed by atoms with E-state index in [1.807, 2.05) is 0 Å². The van der Waals surface area contributed by atoms with Crippen molar-refractivity contribution in [3.05, 3.63) is 59.7 Å². The Morgan fingerprint density at radius 3 is 2.28 bits per heavy atom. The SMILES string of the molecule is O=C(/C=C/c1ccc(O)cc1)O[C@H](Cc1ccc(O)c(O)c1)C(=O)O. The van der Waals surface area contributed by atoms with Gasteiger partial charge >= 0.3 is 11.9 Å². The van der Waals surface area contributed by atoms with E-state index >= 15 is 0 Å². The summed E-state index contributed by atoms with van der Waals surface area (Å²) in [7, 11) is 0. The largest absolute Gasteiger partial charge is 0.508 e. The molecule has 0 amide bonds. The van der Waals surface area contributed by atoms with Gasteiger partial charge < -0.3 is 25.2 Å². The van der Waals surface area contributed by atoms with Crippen molar-refractivity contribution in [3.8, 4) is 17.2 Å². The fraction of sp³-hybridized carbons (Fsp3) is 0.111. The van der Waals surface area contributed by atoms with Crippen molar-refractivity contribution in [3.63, 3.8) is 0 Å². The van der Waals surface area contributed by atoms with Crippen LogP contribution in [0.5, 0.6) is 17.2 Å². The first-order chi connectivity index (χ1) is 11.8. The Morgan fingerprint density at radius 2 is 1.68 bits per heavy atom. The number of aromatic hydroxyl groups is 3. The topological polar surface area (TPSA) is 124 Å². The Labute approximate surface area is 143 Å². The molecule has 2 rings (SSSR count). The zero-order chi connectivity index (χ0) is 18.4. The maximum absolute atomic E-state index is 11.8. The van der Waals surface area contributed by atoms with Crippen LogP contribution in [0.4, 0.5) is 0 Å². The molecule has 4 N–H and O–H groups in total. The van der Waals surface area contributed by atoms with E-state index in [9.17, 15) is 30.0 Å². The lowest BCUT2D eigenvalue weighted by Gasteiger charge is -2.13. The molecule has 0 aliphatic carbocycles. The Balaban J connectivity index is 2.02. The van der Waals surface area contributed by atoms with Crippen LogP contribution < -0.4 is 0 Å². The fourth-order valence-corrected chi connectivity index (χ4v) is 2.02. The van der Waals surface area contributed by atoms with Crippen LogP contribution in [0, 0.1) is 0 Å². The summed E-state index contributed by atoms with van der Waals surface area (Å²) in [5.41, 5.74) is 1.02. The summed E-state index contributed by atoms with van der Waals surface area (Å²) in [4.78, 5) is 23.1. The second-order valence-corrected chi connectivity index (χ2v) is 5.22. The lowest BCUT2D eigenvalue weighted by molar-refractivity contribution is -0.160. The molecule has 0 spiro atoms. The van der Waals surface area contributed by atoms with Gasteiger partial charge in [0.05, 0.1) is 0 Å². The quantitative estimate of drug-likeness (QED) is 0.359. The van der Waals surface area contributed by atoms with E-state index in [-0.39, 0.29) is 23.7 Å². The summed E-state index contributed by atoms with van der Waals surface area (Å²) in [6, 6.07) is 9.89. The molecule has 7 heteroatoms. The average Bonchev–Trinajstić information content (AvgIpc) is 2.57. The van der Waals surface area contributed by atoms with Crippen molar-refractivity contribution in [1.29, 1.82) is 0 Å². The minimum absolute atomic E-state index is 0.0859. The minimum Gasteiger partial charge on any atom is -0.508 e. The molecule has 0 fully saturated rings. The second kappa shape index (κ2) is 7.87. The molecule has 0 aromatic heterocycles. The number of aliphatic carboxylic acids is 1. The van der Waals surface area contributed by atoms with E-state index in [0.717, 1.165) is 6.08 Å². The molecule has 0 saturated heterocycles. The summed E-state index contributed by atoms with van der Waals surface area (Å²) in [5, 5.41) is 37.0. The summed E-state index contributed by atoms with van der Waals surface area (Å²) in [6.07, 6.45) is 0.895. The summed E-state index contributed by atoms with van der Waals surface area (Å²) >= 11 is 0. The molecule has 130 valence electrons. The van der Waals surface area contributed by atoms with Gasteiger partial charge in [0.15, 0.2) is 11.5 Å². The van der Waals surface area contributed by atoms with E-state index in [1.54, 1.807) is 12.1 Å². The van der Waals surface area contributed by atoms with Crippen LogP contribution >= 0.6 is 0 Å². The number of carboxylic acid groups (broad SMARTS) is 1. The van der Waals surface area contributed by atoms with Gasteiger partial charge in [-0.05, 0) is 41.5 Å². The standard InChI is InChI=1S/C18H16O7/c19-13-5-1-11(2-6-13)4-8-17(22)25-16(18(23)24)10-12-3-7-14(20)15(21)9-12/h1-9,16,19-21H,10H2,(H,23,24)/b8-4+/t16-/m1/s1. The van der Waals surface area contributed by atoms with Crippen LogP contribution in [0.2, 0.25) is 0 Å². The maximum atomic E-state index is 11.8. The first-order valence-corrected chi connectivity index (χ1v) is 7.26. The Kier molecular flexibility index (Phi) is 5.62. The summed E-state index contributed by atoms with van der Waals surface area (Å²) in [5.74, 6) is -2.81.